The van der Waals surface area contributed by atoms with Crippen molar-refractivity contribution in [3.8, 4) is 0 Å². The number of nitrogens with one attached hydrogen (secondary N) is 8. The standard InChI is InChI=1S/C47H67N13O10S2/c1-26(61)54-31(16-9-10-19-48)39(63)56-33-18-21-71-72-47(2,3)38(45(69)70)60-44(68)35(23-28-25-53-30-15-8-7-14-29(28)30)58-40(64)32(17-11-20-52-46(50)51)55-42(66)34(22-27-12-5-4-6-13-27)57-43(67)36(24-37(49)62)59-41(33)65/h4-8,12-15,25,31-36,38,53H,9-11,16-24,48H2,1-3H3,(H2,49,62)(H,54,61)(H,55,66)(H,56,63)(H,57,67)(H,58,64)(H,59,65)(H,60,68)(H,69,70)(H4,50,51,52)/t31-,32+,33+,34-,35+,36+,38-/m1/s1. The minimum atomic E-state index is -1.69. The zero-order valence-electron chi connectivity index (χ0n) is 40.5. The molecule has 1 saturated heterocycles. The van der Waals surface area contributed by atoms with Crippen molar-refractivity contribution in [3.63, 3.8) is 0 Å². The molecule has 1 aliphatic rings. The summed E-state index contributed by atoms with van der Waals surface area (Å²) >= 11 is 0. The third kappa shape index (κ3) is 18.4. The normalized spacial score (nSPS) is 22.0. The second kappa shape index (κ2) is 28.2. The molecule has 72 heavy (non-hydrogen) atoms. The van der Waals surface area contributed by atoms with Gasteiger partial charge in [0.2, 0.25) is 47.3 Å². The molecule has 0 aliphatic carbocycles. The van der Waals surface area contributed by atoms with Crippen LogP contribution in [0.5, 0.6) is 0 Å². The first-order chi connectivity index (χ1) is 34.2. The monoisotopic (exact) mass is 1040 g/mol. The van der Waals surface area contributed by atoms with E-state index < -0.39 is 107 Å². The predicted molar refractivity (Wildman–Crippen MR) is 274 cm³/mol. The summed E-state index contributed by atoms with van der Waals surface area (Å²) in [5.41, 5.74) is 24.3. The number of hydrogen-bond donors (Lipinski definition) is 13. The summed E-state index contributed by atoms with van der Waals surface area (Å²) in [5.74, 6) is -8.30. The summed E-state index contributed by atoms with van der Waals surface area (Å²) in [7, 11) is 2.19. The zero-order chi connectivity index (χ0) is 53.0. The molecule has 1 fully saturated rings. The number of primary amides is 1. The maximum atomic E-state index is 14.5. The number of aliphatic imine (C=N–C) groups is 1. The number of carboxylic acid groups (broad SMARTS) is 1. The van der Waals surface area contributed by atoms with Gasteiger partial charge in [0.15, 0.2) is 5.96 Å². The van der Waals surface area contributed by atoms with Gasteiger partial charge in [-0.1, -0.05) is 70.1 Å². The molecule has 23 nitrogen and oxygen atoms in total. The van der Waals surface area contributed by atoms with Crippen LogP contribution in [0.4, 0.5) is 0 Å². The number of nitrogens with zero attached hydrogens (tertiary/aromatic N) is 1. The van der Waals surface area contributed by atoms with Crippen molar-refractivity contribution in [2.75, 3.05) is 18.8 Å². The van der Waals surface area contributed by atoms with Crippen LogP contribution in [0, 0.1) is 0 Å². The molecule has 3 aromatic rings. The maximum absolute atomic E-state index is 14.5. The number of carbonyl (C=O) groups excluding carboxylic acids is 8. The quantitative estimate of drug-likeness (QED) is 0.0317. The number of rotatable bonds is 18. The third-order valence-corrected chi connectivity index (χ3v) is 14.9. The SMILES string of the molecule is CC(=O)N[C@H](CCCCN)C(=O)N[C@H]1CCSSC(C)(C)[C@@H](C(=O)O)NC(=O)[C@H](Cc2c[nH]c3ccccc23)NC(=O)[C@H](CCCN=C(N)N)NC(=O)[C@@H](Cc2ccccc2)NC(=O)[C@H](CC(N)=O)NC1=O. The number of aliphatic carboxylic acids is 1. The first-order valence-electron chi connectivity index (χ1n) is 23.4. The van der Waals surface area contributed by atoms with Crippen LogP contribution < -0.4 is 60.2 Å². The first kappa shape index (κ1) is 57.7. The molecule has 7 atom stereocenters. The lowest BCUT2D eigenvalue weighted by atomic mass is 10.00. The van der Waals surface area contributed by atoms with Crippen LogP contribution in [0.1, 0.15) is 76.8 Å². The van der Waals surface area contributed by atoms with Gasteiger partial charge in [0.1, 0.15) is 42.3 Å². The second-order valence-corrected chi connectivity index (χ2v) is 20.9. The van der Waals surface area contributed by atoms with Crippen molar-refractivity contribution in [1.29, 1.82) is 0 Å². The van der Waals surface area contributed by atoms with Gasteiger partial charge in [-0.15, -0.1) is 0 Å². The maximum Gasteiger partial charge on any atom is 0.327 e. The summed E-state index contributed by atoms with van der Waals surface area (Å²) < 4.78 is -1.28. The Bertz CT molecular complexity index is 2420. The molecular weight excluding hydrogens is 971 g/mol. The number of nitrogens with two attached hydrogens (primary N) is 4. The molecule has 1 aromatic heterocycles. The van der Waals surface area contributed by atoms with Crippen molar-refractivity contribution in [3.05, 3.63) is 71.9 Å². The summed E-state index contributed by atoms with van der Waals surface area (Å²) in [5, 5.41) is 29.8. The van der Waals surface area contributed by atoms with Gasteiger partial charge in [-0.05, 0) is 76.1 Å². The van der Waals surface area contributed by atoms with Gasteiger partial charge < -0.3 is 70.2 Å². The second-order valence-electron chi connectivity index (χ2n) is 17.8. The average molecular weight is 1040 g/mol. The van der Waals surface area contributed by atoms with E-state index in [0.29, 0.717) is 30.5 Å². The first-order valence-corrected chi connectivity index (χ1v) is 25.8. The van der Waals surface area contributed by atoms with E-state index in [1.54, 1.807) is 56.4 Å². The lowest BCUT2D eigenvalue weighted by Gasteiger charge is -2.32. The molecule has 0 saturated carbocycles. The Morgan fingerprint density at radius 1 is 0.792 bits per heavy atom. The zero-order valence-corrected chi connectivity index (χ0v) is 42.1. The number of guanidine groups is 1. The highest BCUT2D eigenvalue weighted by atomic mass is 33.1. The highest BCUT2D eigenvalue weighted by molar-refractivity contribution is 8.77. The molecule has 0 bridgehead atoms. The van der Waals surface area contributed by atoms with Crippen LogP contribution in [0.15, 0.2) is 65.8 Å². The van der Waals surface area contributed by atoms with Gasteiger partial charge in [-0.2, -0.15) is 0 Å². The van der Waals surface area contributed by atoms with E-state index >= 15 is 0 Å². The average Bonchev–Trinajstić information content (AvgIpc) is 3.73. The van der Waals surface area contributed by atoms with Crippen LogP contribution in [0.25, 0.3) is 10.9 Å². The third-order valence-electron chi connectivity index (χ3n) is 11.5. The molecule has 25 heteroatoms. The van der Waals surface area contributed by atoms with Gasteiger partial charge in [-0.3, -0.25) is 43.3 Å². The Balaban J connectivity index is 1.83. The van der Waals surface area contributed by atoms with Crippen LogP contribution in [-0.2, 0) is 56.0 Å². The Labute approximate surface area is 424 Å². The van der Waals surface area contributed by atoms with Crippen molar-refractivity contribution >= 4 is 91.7 Å². The van der Waals surface area contributed by atoms with Gasteiger partial charge in [0.05, 0.1) is 11.2 Å². The number of unbranched alkanes of at least 4 members (excludes halogenated alkanes) is 1. The molecule has 0 unspecified atom stereocenters. The van der Waals surface area contributed by atoms with Crippen LogP contribution in [0.3, 0.4) is 0 Å². The van der Waals surface area contributed by atoms with Crippen molar-refractivity contribution in [2.24, 2.45) is 27.9 Å². The molecule has 392 valence electrons. The molecule has 2 aromatic carbocycles. The minimum absolute atomic E-state index is 0.0363. The van der Waals surface area contributed by atoms with Crippen molar-refractivity contribution < 1.29 is 48.3 Å². The van der Waals surface area contributed by atoms with Crippen LogP contribution >= 0.6 is 21.6 Å². The number of carboxylic acids is 1. The van der Waals surface area contributed by atoms with Gasteiger partial charge >= 0.3 is 5.97 Å². The topological polar surface area (TPSA) is 390 Å². The Kier molecular flexibility index (Phi) is 22.6. The van der Waals surface area contributed by atoms with E-state index in [1.807, 2.05) is 18.2 Å². The van der Waals surface area contributed by atoms with E-state index in [2.05, 4.69) is 47.2 Å². The van der Waals surface area contributed by atoms with Gasteiger partial charge in [0, 0.05) is 49.2 Å². The van der Waals surface area contributed by atoms with E-state index in [0.717, 1.165) is 32.5 Å². The number of para-hydroxylation sites is 1. The van der Waals surface area contributed by atoms with E-state index in [4.69, 9.17) is 22.9 Å². The molecule has 2 heterocycles. The minimum Gasteiger partial charge on any atom is -0.480 e. The van der Waals surface area contributed by atoms with Crippen molar-refractivity contribution in [1.82, 2.24) is 42.2 Å². The lowest BCUT2D eigenvalue weighted by molar-refractivity contribution is -0.143. The fourth-order valence-corrected chi connectivity index (χ4v) is 10.5. The van der Waals surface area contributed by atoms with E-state index in [9.17, 15) is 48.3 Å². The number of H-pyrrole nitrogens is 1. The number of hydrogen-bond acceptors (Lipinski definition) is 13. The molecule has 0 spiro atoms. The molecule has 0 radical (unpaired) electrons. The smallest absolute Gasteiger partial charge is 0.327 e. The molecule has 17 N–H and O–H groups in total. The molecule has 1 aliphatic heterocycles. The molecule has 4 rings (SSSR count). The highest BCUT2D eigenvalue weighted by Crippen LogP contribution is 2.39. The fraction of sp³-hybridized carbons (Fsp3) is 0.489. The predicted octanol–water partition coefficient (Wildman–Crippen LogP) is -0.927. The number of aromatic nitrogens is 1. The molecule has 8 amide bonds. The summed E-state index contributed by atoms with van der Waals surface area (Å²) in [6, 6.07) is 5.75. The van der Waals surface area contributed by atoms with Crippen LogP contribution in [-0.4, -0.2) is 135 Å². The number of carbonyl (C=O) groups is 9. The van der Waals surface area contributed by atoms with E-state index in [-0.39, 0.29) is 56.8 Å². The number of aromatic amines is 1. The lowest BCUT2D eigenvalue weighted by Crippen LogP contribution is -2.61. The number of amides is 8. The number of benzene rings is 2. The molecular formula is C47H67N13O10S2. The summed E-state index contributed by atoms with van der Waals surface area (Å²) in [4.78, 5) is 131. The Hall–Kier alpha value is -6.86. The number of fused-ring (bicyclic) bond motifs is 1. The largest absolute Gasteiger partial charge is 0.480 e. The summed E-state index contributed by atoms with van der Waals surface area (Å²) in [6.45, 7) is 4.76. The summed E-state index contributed by atoms with van der Waals surface area (Å²) in [6.07, 6.45) is 1.75. The van der Waals surface area contributed by atoms with Crippen LogP contribution in [0.2, 0.25) is 0 Å². The Morgan fingerprint density at radius 3 is 2.06 bits per heavy atom. The van der Waals surface area contributed by atoms with Gasteiger partial charge in [-0.25, -0.2) is 4.79 Å². The van der Waals surface area contributed by atoms with Gasteiger partial charge in [0.25, 0.3) is 0 Å². The van der Waals surface area contributed by atoms with E-state index in [1.165, 1.54) is 6.92 Å². The fourth-order valence-electron chi connectivity index (χ4n) is 7.79. The Morgan fingerprint density at radius 2 is 1.40 bits per heavy atom. The van der Waals surface area contributed by atoms with Crippen molar-refractivity contribution in [2.45, 2.75) is 126 Å². The highest BCUT2D eigenvalue weighted by Gasteiger charge is 2.40.